The van der Waals surface area contributed by atoms with Gasteiger partial charge in [-0.15, -0.1) is 11.3 Å². The van der Waals surface area contributed by atoms with E-state index in [0.717, 1.165) is 13.0 Å². The lowest BCUT2D eigenvalue weighted by Crippen LogP contribution is -2.30. The molecule has 140 valence electrons. The maximum atomic E-state index is 9.48. The molecule has 1 aromatic heterocycles. The van der Waals surface area contributed by atoms with Crippen molar-refractivity contribution in [2.45, 2.75) is 44.6 Å². The van der Waals surface area contributed by atoms with Crippen molar-refractivity contribution in [2.24, 2.45) is 0 Å². The van der Waals surface area contributed by atoms with Gasteiger partial charge >= 0.3 is 0 Å². The average molecular weight is 378 g/mol. The van der Waals surface area contributed by atoms with Gasteiger partial charge in [-0.25, -0.2) is 0 Å². The molecule has 0 saturated heterocycles. The van der Waals surface area contributed by atoms with Crippen LogP contribution in [0.2, 0.25) is 0 Å². The van der Waals surface area contributed by atoms with Gasteiger partial charge in [-0.05, 0) is 92.1 Å². The van der Waals surface area contributed by atoms with E-state index >= 15 is 0 Å². The fraction of sp³-hybridized carbons (Fsp3) is 0.333. The number of hydrogen-bond donors (Lipinski definition) is 2. The first-order valence-corrected chi connectivity index (χ1v) is 10.8. The Morgan fingerprint density at radius 1 is 0.963 bits per heavy atom. The van der Waals surface area contributed by atoms with Crippen LogP contribution in [0.1, 0.15) is 35.3 Å². The second kappa shape index (κ2) is 8.73. The summed E-state index contributed by atoms with van der Waals surface area (Å²) >= 11 is 1.93. The minimum Gasteiger partial charge on any atom is -0.508 e. The Labute approximate surface area is 165 Å². The van der Waals surface area contributed by atoms with Gasteiger partial charge < -0.3 is 10.4 Å². The van der Waals surface area contributed by atoms with Gasteiger partial charge in [0.15, 0.2) is 0 Å². The molecular weight excluding hydrogens is 350 g/mol. The van der Waals surface area contributed by atoms with Crippen molar-refractivity contribution in [2.75, 3.05) is 6.54 Å². The Morgan fingerprint density at radius 3 is 2.56 bits per heavy atom. The highest BCUT2D eigenvalue weighted by Crippen LogP contribution is 2.35. The van der Waals surface area contributed by atoms with E-state index in [-0.39, 0.29) is 0 Å². The van der Waals surface area contributed by atoms with Gasteiger partial charge in [0.2, 0.25) is 0 Å². The molecule has 0 radical (unpaired) electrons. The van der Waals surface area contributed by atoms with E-state index in [0.29, 0.717) is 11.8 Å². The number of rotatable bonds is 6. The zero-order chi connectivity index (χ0) is 18.5. The Bertz CT molecular complexity index is 828. The molecule has 2 aromatic carbocycles. The third-order valence-electron chi connectivity index (χ3n) is 5.45. The molecule has 3 aromatic rings. The molecule has 0 saturated carbocycles. The van der Waals surface area contributed by atoms with Gasteiger partial charge in [-0.2, -0.15) is 0 Å². The summed E-state index contributed by atoms with van der Waals surface area (Å²) in [6.45, 7) is 1.10. The first kappa shape index (κ1) is 18.3. The first-order valence-electron chi connectivity index (χ1n) is 9.96. The minimum absolute atomic E-state index is 0.332. The number of aryl methyl sites for hydroxylation is 3. The predicted octanol–water partition coefficient (Wildman–Crippen LogP) is 5.59. The quantitative estimate of drug-likeness (QED) is 0.433. The molecule has 1 unspecified atom stereocenters. The summed E-state index contributed by atoms with van der Waals surface area (Å²) in [6, 6.07) is 21.3. The summed E-state index contributed by atoms with van der Waals surface area (Å²) in [7, 11) is 0. The minimum atomic E-state index is 0.332. The lowest BCUT2D eigenvalue weighted by atomic mass is 10.1. The monoisotopic (exact) mass is 377 g/mol. The SMILES string of the molecule is Oc1ccc(-c2cc3c(s2)CCC(NCCCc2ccccc2)CC3)cc1. The zero-order valence-electron chi connectivity index (χ0n) is 15.7. The Hall–Kier alpha value is -2.10. The number of hydrogen-bond acceptors (Lipinski definition) is 3. The normalized spacial score (nSPS) is 16.7. The van der Waals surface area contributed by atoms with Gasteiger partial charge in [0, 0.05) is 15.8 Å². The van der Waals surface area contributed by atoms with E-state index < -0.39 is 0 Å². The lowest BCUT2D eigenvalue weighted by molar-refractivity contribution is 0.459. The molecule has 0 bridgehead atoms. The van der Waals surface area contributed by atoms with Crippen LogP contribution in [0.3, 0.4) is 0 Å². The van der Waals surface area contributed by atoms with Crippen LogP contribution in [0.5, 0.6) is 5.75 Å². The van der Waals surface area contributed by atoms with Crippen LogP contribution in [0.4, 0.5) is 0 Å². The van der Waals surface area contributed by atoms with Gasteiger partial charge in [-0.1, -0.05) is 30.3 Å². The summed E-state index contributed by atoms with van der Waals surface area (Å²) in [5.41, 5.74) is 4.17. The summed E-state index contributed by atoms with van der Waals surface area (Å²) in [6.07, 6.45) is 7.16. The van der Waals surface area contributed by atoms with E-state index in [1.54, 1.807) is 17.0 Å². The van der Waals surface area contributed by atoms with Gasteiger partial charge in [0.25, 0.3) is 0 Å². The van der Waals surface area contributed by atoms with Crippen LogP contribution in [0, 0.1) is 0 Å². The van der Waals surface area contributed by atoms with Crippen LogP contribution in [0.15, 0.2) is 60.7 Å². The van der Waals surface area contributed by atoms with Crippen molar-refractivity contribution in [3.05, 3.63) is 76.7 Å². The molecule has 1 atom stereocenters. The fourth-order valence-electron chi connectivity index (χ4n) is 3.88. The molecule has 0 spiro atoms. The molecule has 1 aliphatic carbocycles. The zero-order valence-corrected chi connectivity index (χ0v) is 16.5. The summed E-state index contributed by atoms with van der Waals surface area (Å²) < 4.78 is 0. The molecule has 4 rings (SSSR count). The van der Waals surface area contributed by atoms with Crippen molar-refractivity contribution in [1.82, 2.24) is 5.32 Å². The highest BCUT2D eigenvalue weighted by atomic mass is 32.1. The van der Waals surface area contributed by atoms with Gasteiger partial charge in [0.1, 0.15) is 5.75 Å². The lowest BCUT2D eigenvalue weighted by Gasteiger charge is -2.16. The second-order valence-corrected chi connectivity index (χ2v) is 8.56. The van der Waals surface area contributed by atoms with E-state index in [1.807, 2.05) is 23.5 Å². The maximum Gasteiger partial charge on any atom is 0.115 e. The third-order valence-corrected chi connectivity index (χ3v) is 6.73. The van der Waals surface area contributed by atoms with Crippen LogP contribution < -0.4 is 5.32 Å². The van der Waals surface area contributed by atoms with Crippen molar-refractivity contribution in [1.29, 1.82) is 0 Å². The molecule has 3 heteroatoms. The smallest absolute Gasteiger partial charge is 0.115 e. The van der Waals surface area contributed by atoms with Crippen LogP contribution >= 0.6 is 11.3 Å². The van der Waals surface area contributed by atoms with Gasteiger partial charge in [-0.3, -0.25) is 0 Å². The Balaban J connectivity index is 1.28. The summed E-state index contributed by atoms with van der Waals surface area (Å²) in [5, 5.41) is 13.3. The second-order valence-electron chi connectivity index (χ2n) is 7.42. The molecule has 0 amide bonds. The maximum absolute atomic E-state index is 9.48. The Morgan fingerprint density at radius 2 is 1.74 bits per heavy atom. The highest BCUT2D eigenvalue weighted by molar-refractivity contribution is 7.15. The molecule has 2 nitrogen and oxygen atoms in total. The number of aromatic hydroxyl groups is 1. The van der Waals surface area contributed by atoms with Crippen LogP contribution in [0.25, 0.3) is 10.4 Å². The first-order chi connectivity index (χ1) is 13.3. The van der Waals surface area contributed by atoms with Crippen molar-refractivity contribution in [3.63, 3.8) is 0 Å². The summed E-state index contributed by atoms with van der Waals surface area (Å²) in [4.78, 5) is 2.88. The third kappa shape index (κ3) is 4.79. The molecule has 0 aliphatic heterocycles. The number of phenols is 1. The summed E-state index contributed by atoms with van der Waals surface area (Å²) in [5.74, 6) is 0.332. The van der Waals surface area contributed by atoms with E-state index in [1.165, 1.54) is 53.7 Å². The van der Waals surface area contributed by atoms with Crippen molar-refractivity contribution in [3.8, 4) is 16.2 Å². The number of nitrogens with one attached hydrogen (secondary N) is 1. The number of phenolic OH excluding ortho intramolecular Hbond substituents is 1. The van der Waals surface area contributed by atoms with Crippen molar-refractivity contribution < 1.29 is 5.11 Å². The Kier molecular flexibility index (Phi) is 5.90. The van der Waals surface area contributed by atoms with E-state index in [4.69, 9.17) is 0 Å². The molecule has 27 heavy (non-hydrogen) atoms. The van der Waals surface area contributed by atoms with Crippen LogP contribution in [-0.2, 0) is 19.3 Å². The highest BCUT2D eigenvalue weighted by Gasteiger charge is 2.18. The largest absolute Gasteiger partial charge is 0.508 e. The van der Waals surface area contributed by atoms with Crippen LogP contribution in [-0.4, -0.2) is 17.7 Å². The molecule has 1 aliphatic rings. The number of fused-ring (bicyclic) bond motifs is 1. The number of benzene rings is 2. The molecule has 0 fully saturated rings. The fourth-order valence-corrected chi connectivity index (χ4v) is 5.12. The van der Waals surface area contributed by atoms with Gasteiger partial charge in [0.05, 0.1) is 0 Å². The average Bonchev–Trinajstić information content (AvgIpc) is 3.02. The molecular formula is C24H27NOS. The van der Waals surface area contributed by atoms with E-state index in [9.17, 15) is 5.11 Å². The standard InChI is InChI=1S/C24H27NOS/c26-22-13-9-19(10-14-22)24-17-20-8-11-21(12-15-23(20)27-24)25-16-4-7-18-5-2-1-3-6-18/h1-3,5-6,9-10,13-14,17,21,25-26H,4,7-8,11-12,15-16H2. The predicted molar refractivity (Wildman–Crippen MR) is 115 cm³/mol. The topological polar surface area (TPSA) is 32.3 Å². The number of thiophene rings is 1. The molecule has 2 N–H and O–H groups in total. The van der Waals surface area contributed by atoms with E-state index in [2.05, 4.69) is 41.7 Å². The van der Waals surface area contributed by atoms with Crippen molar-refractivity contribution >= 4 is 11.3 Å². The molecule has 1 heterocycles.